The van der Waals surface area contributed by atoms with Gasteiger partial charge >= 0.3 is 0 Å². The first-order valence-electron chi connectivity index (χ1n) is 10.5. The van der Waals surface area contributed by atoms with E-state index in [1.807, 2.05) is 36.4 Å². The summed E-state index contributed by atoms with van der Waals surface area (Å²) in [5, 5.41) is 4.89. The number of aryl methyl sites for hydroxylation is 1. The van der Waals surface area contributed by atoms with Crippen LogP contribution < -0.4 is 24.5 Å². The molecule has 5 rings (SSSR count). The quantitative estimate of drug-likeness (QED) is 0.210. The summed E-state index contributed by atoms with van der Waals surface area (Å²) in [4.78, 5) is 17.5. The highest BCUT2D eigenvalue weighted by atomic mass is 127. The van der Waals surface area contributed by atoms with Gasteiger partial charge < -0.3 is 18.9 Å². The van der Waals surface area contributed by atoms with Gasteiger partial charge in [0.15, 0.2) is 23.0 Å². The number of hydrogen-bond donors (Lipinski definition) is 0. The zero-order chi connectivity index (χ0) is 24.5. The predicted octanol–water partition coefficient (Wildman–Crippen LogP) is 5.27. The lowest BCUT2D eigenvalue weighted by atomic mass is 10.2. The van der Waals surface area contributed by atoms with Gasteiger partial charge in [-0.25, -0.2) is 4.98 Å². The lowest BCUT2D eigenvalue weighted by Crippen LogP contribution is -2.20. The second kappa shape index (κ2) is 9.86. The molecule has 0 aliphatic carbocycles. The van der Waals surface area contributed by atoms with E-state index in [1.54, 1.807) is 32.4 Å². The van der Waals surface area contributed by atoms with Crippen LogP contribution in [0.2, 0.25) is 0 Å². The van der Waals surface area contributed by atoms with Crippen molar-refractivity contribution in [2.45, 2.75) is 13.5 Å². The molecule has 10 heteroatoms. The van der Waals surface area contributed by atoms with E-state index in [2.05, 4.69) is 48.6 Å². The average Bonchev–Trinajstić information content (AvgIpc) is 3.31. The topological polar surface area (TPSA) is 84.2 Å². The fourth-order valence-corrected chi connectivity index (χ4v) is 4.80. The highest BCUT2D eigenvalue weighted by Crippen LogP contribution is 2.36. The number of aromatic nitrogens is 2. The Morgan fingerprint density at radius 3 is 2.83 bits per heavy atom. The molecule has 4 aromatic rings. The minimum Gasteiger partial charge on any atom is -0.493 e. The van der Waals surface area contributed by atoms with Crippen molar-refractivity contribution < 1.29 is 18.9 Å². The summed E-state index contributed by atoms with van der Waals surface area (Å²) in [6, 6.07) is 14.8. The highest BCUT2D eigenvalue weighted by molar-refractivity contribution is 14.1. The van der Waals surface area contributed by atoms with Crippen molar-refractivity contribution in [3.63, 3.8) is 0 Å². The van der Waals surface area contributed by atoms with Gasteiger partial charge in [-0.1, -0.05) is 22.0 Å². The minimum atomic E-state index is -0.240. The standard InChI is InChI=1S/C25H19BrIN3O5/c1-14-29-20-5-4-17(26)10-18(20)25(31)30(14)28-11-16-7-19(27)24(23(9-16)32-2)33-12-15-3-6-21-22(8-15)35-13-34-21/h3-11H,12-13H2,1-2H3. The molecule has 0 N–H and O–H groups in total. The summed E-state index contributed by atoms with van der Waals surface area (Å²) in [5.41, 5.74) is 2.09. The van der Waals surface area contributed by atoms with Crippen LogP contribution in [-0.4, -0.2) is 29.8 Å². The molecule has 2 heterocycles. The number of rotatable bonds is 6. The first-order valence-corrected chi connectivity index (χ1v) is 12.4. The van der Waals surface area contributed by atoms with E-state index in [1.165, 1.54) is 4.68 Å². The highest BCUT2D eigenvalue weighted by Gasteiger charge is 2.16. The monoisotopic (exact) mass is 647 g/mol. The third kappa shape index (κ3) is 4.85. The zero-order valence-electron chi connectivity index (χ0n) is 18.7. The molecule has 0 atom stereocenters. The van der Waals surface area contributed by atoms with E-state index < -0.39 is 0 Å². The average molecular weight is 648 g/mol. The first-order chi connectivity index (χ1) is 16.9. The first kappa shape index (κ1) is 23.6. The van der Waals surface area contributed by atoms with Gasteiger partial charge in [0.05, 0.1) is 27.8 Å². The van der Waals surface area contributed by atoms with Crippen molar-refractivity contribution in [3.8, 4) is 23.0 Å². The Bertz CT molecular complexity index is 1540. The van der Waals surface area contributed by atoms with E-state index in [4.69, 9.17) is 18.9 Å². The molecule has 3 aromatic carbocycles. The maximum Gasteiger partial charge on any atom is 0.282 e. The number of benzene rings is 3. The minimum absolute atomic E-state index is 0.229. The Kier molecular flexibility index (Phi) is 6.65. The third-order valence-corrected chi connectivity index (χ3v) is 6.66. The molecule has 1 aliphatic heterocycles. The molecule has 0 unspecified atom stereocenters. The Morgan fingerprint density at radius 1 is 1.17 bits per heavy atom. The maximum absolute atomic E-state index is 13.0. The third-order valence-electron chi connectivity index (χ3n) is 5.36. The molecule has 0 fully saturated rings. The van der Waals surface area contributed by atoms with Crippen LogP contribution in [0, 0.1) is 10.5 Å². The number of hydrogen-bond acceptors (Lipinski definition) is 7. The van der Waals surface area contributed by atoms with Crippen LogP contribution in [0.3, 0.4) is 0 Å². The summed E-state index contributed by atoms with van der Waals surface area (Å²) in [5.74, 6) is 3.11. The molecule has 0 amide bonds. The number of fused-ring (bicyclic) bond motifs is 2. The SMILES string of the molecule is COc1cc(C=Nn2c(C)nc3ccc(Br)cc3c2=O)cc(I)c1OCc1ccc2c(c1)OCO2. The number of nitrogens with zero attached hydrogens (tertiary/aromatic N) is 3. The van der Waals surface area contributed by atoms with Crippen molar-refractivity contribution in [1.82, 2.24) is 9.66 Å². The van der Waals surface area contributed by atoms with Gasteiger partial charge in [0.1, 0.15) is 12.4 Å². The summed E-state index contributed by atoms with van der Waals surface area (Å²) in [7, 11) is 1.58. The predicted molar refractivity (Wildman–Crippen MR) is 144 cm³/mol. The molecule has 178 valence electrons. The van der Waals surface area contributed by atoms with Crippen LogP contribution >= 0.6 is 38.5 Å². The van der Waals surface area contributed by atoms with Gasteiger partial charge in [-0.3, -0.25) is 4.79 Å². The fourth-order valence-electron chi connectivity index (χ4n) is 3.66. The Labute approximate surface area is 222 Å². The largest absolute Gasteiger partial charge is 0.493 e. The summed E-state index contributed by atoms with van der Waals surface area (Å²) in [6.07, 6.45) is 1.60. The Morgan fingerprint density at radius 2 is 2.00 bits per heavy atom. The molecule has 8 nitrogen and oxygen atoms in total. The van der Waals surface area contributed by atoms with Gasteiger partial charge in [0.25, 0.3) is 5.56 Å². The van der Waals surface area contributed by atoms with Gasteiger partial charge in [0.2, 0.25) is 6.79 Å². The van der Waals surface area contributed by atoms with E-state index in [0.717, 1.165) is 24.9 Å². The van der Waals surface area contributed by atoms with Crippen LogP contribution in [0.4, 0.5) is 0 Å². The van der Waals surface area contributed by atoms with E-state index in [9.17, 15) is 4.79 Å². The molecule has 1 aliphatic rings. The molecule has 0 bridgehead atoms. The Hall–Kier alpha value is -3.12. The van der Waals surface area contributed by atoms with Crippen molar-refractivity contribution >= 4 is 55.6 Å². The molecule has 0 saturated carbocycles. The molecule has 0 spiro atoms. The van der Waals surface area contributed by atoms with Crippen LogP contribution in [0.1, 0.15) is 17.0 Å². The van der Waals surface area contributed by atoms with Crippen molar-refractivity contribution in [2.24, 2.45) is 5.10 Å². The molecule has 1 aromatic heterocycles. The lowest BCUT2D eigenvalue weighted by molar-refractivity contribution is 0.174. The van der Waals surface area contributed by atoms with Crippen LogP contribution in [0.5, 0.6) is 23.0 Å². The van der Waals surface area contributed by atoms with E-state index in [-0.39, 0.29) is 12.4 Å². The van der Waals surface area contributed by atoms with Crippen molar-refractivity contribution in [2.75, 3.05) is 13.9 Å². The normalized spacial score (nSPS) is 12.5. The number of methoxy groups -OCH3 is 1. The number of ether oxygens (including phenoxy) is 4. The van der Waals surface area contributed by atoms with Crippen molar-refractivity contribution in [3.05, 3.63) is 83.9 Å². The fraction of sp³-hybridized carbons (Fsp3) is 0.160. The van der Waals surface area contributed by atoms with E-state index >= 15 is 0 Å². The number of halogens is 2. The van der Waals surface area contributed by atoms with Crippen LogP contribution in [0.15, 0.2) is 62.9 Å². The molecular formula is C25H19BrIN3O5. The summed E-state index contributed by atoms with van der Waals surface area (Å²) >= 11 is 5.60. The maximum atomic E-state index is 13.0. The lowest BCUT2D eigenvalue weighted by Gasteiger charge is -2.14. The van der Waals surface area contributed by atoms with Crippen molar-refractivity contribution in [1.29, 1.82) is 0 Å². The summed E-state index contributed by atoms with van der Waals surface area (Å²) < 4.78 is 25.4. The van der Waals surface area contributed by atoms with Gasteiger partial charge in [-0.15, -0.1) is 0 Å². The van der Waals surface area contributed by atoms with Gasteiger partial charge in [0, 0.05) is 4.47 Å². The van der Waals surface area contributed by atoms with Gasteiger partial charge in [-0.2, -0.15) is 9.78 Å². The molecule has 0 saturated heterocycles. The van der Waals surface area contributed by atoms with Gasteiger partial charge in [-0.05, 0) is 83.1 Å². The molecule has 0 radical (unpaired) electrons. The smallest absolute Gasteiger partial charge is 0.282 e. The molecule has 35 heavy (non-hydrogen) atoms. The molecular weight excluding hydrogens is 629 g/mol. The summed E-state index contributed by atoms with van der Waals surface area (Å²) in [6.45, 7) is 2.31. The van der Waals surface area contributed by atoms with Crippen LogP contribution in [0.25, 0.3) is 10.9 Å². The second-order valence-electron chi connectivity index (χ2n) is 7.69. The van der Waals surface area contributed by atoms with E-state index in [0.29, 0.717) is 40.6 Å². The second-order valence-corrected chi connectivity index (χ2v) is 9.77. The zero-order valence-corrected chi connectivity index (χ0v) is 22.5. The van der Waals surface area contributed by atoms with Crippen LogP contribution in [-0.2, 0) is 6.61 Å². The Balaban J connectivity index is 1.41.